The van der Waals surface area contributed by atoms with Crippen molar-refractivity contribution in [3.05, 3.63) is 0 Å². The lowest BCUT2D eigenvalue weighted by molar-refractivity contribution is -0.179. The van der Waals surface area contributed by atoms with Crippen LogP contribution >= 0.6 is 23.5 Å². The molecule has 0 saturated heterocycles. The van der Waals surface area contributed by atoms with Crippen LogP contribution in [0.25, 0.3) is 0 Å². The summed E-state index contributed by atoms with van der Waals surface area (Å²) in [6, 6.07) is 0. The summed E-state index contributed by atoms with van der Waals surface area (Å²) in [6.07, 6.45) is 0. The second-order valence-corrected chi connectivity index (χ2v) is 7.00. The predicted octanol–water partition coefficient (Wildman–Crippen LogP) is -1.48. The molecule has 0 aromatic rings. The number of phosphoric ester groups is 3. The van der Waals surface area contributed by atoms with Gasteiger partial charge in [-0.05, 0) is 0 Å². The maximum atomic E-state index is 11.2. The Morgan fingerprint density at radius 3 is 1.05 bits per heavy atom. The summed E-state index contributed by atoms with van der Waals surface area (Å²) in [5.74, 6) is 0. The summed E-state index contributed by atoms with van der Waals surface area (Å²) in [5.41, 5.74) is 0. The van der Waals surface area contributed by atoms with Gasteiger partial charge in [-0.25, -0.2) is 27.3 Å². The van der Waals surface area contributed by atoms with Gasteiger partial charge in [-0.1, -0.05) is 0 Å². The zero-order chi connectivity index (χ0) is 17.4. The van der Waals surface area contributed by atoms with Crippen molar-refractivity contribution in [2.24, 2.45) is 0 Å². The summed E-state index contributed by atoms with van der Waals surface area (Å²) < 4.78 is 56.7. The molecule has 0 radical (unpaired) electrons. The molecular formula is C4H13O15P3. The van der Waals surface area contributed by atoms with Crippen LogP contribution in [0.4, 0.5) is 0 Å². The fraction of sp³-hybridized carbons (Fsp3) is 1.00. The molecule has 3 atom stereocenters. The molecule has 0 rings (SSSR count). The summed E-state index contributed by atoms with van der Waals surface area (Å²) in [5, 5.41) is 24.9. The highest BCUT2D eigenvalue weighted by Crippen LogP contribution is 2.54. The Hall–Kier alpha value is 0.210. The number of aliphatic hydroxyl groups excluding tert-OH is 3. The monoisotopic (exact) mass is 394 g/mol. The lowest BCUT2D eigenvalue weighted by atomic mass is 11.4. The van der Waals surface area contributed by atoms with E-state index in [1.165, 1.54) is 0 Å². The molecule has 0 aliphatic carbocycles. The van der Waals surface area contributed by atoms with Crippen molar-refractivity contribution in [1.82, 2.24) is 0 Å². The maximum Gasteiger partial charge on any atom is 0.478 e. The molecule has 0 bridgehead atoms. The maximum absolute atomic E-state index is 11.2. The zero-order valence-corrected chi connectivity index (χ0v) is 13.1. The highest BCUT2D eigenvalue weighted by molar-refractivity contribution is 7.48. The summed E-state index contributed by atoms with van der Waals surface area (Å²) >= 11 is 0. The highest BCUT2D eigenvalue weighted by Gasteiger charge is 2.39. The third-order valence-electron chi connectivity index (χ3n) is 1.32. The molecule has 15 nitrogen and oxygen atoms in total. The van der Waals surface area contributed by atoms with Crippen LogP contribution in [0.2, 0.25) is 0 Å². The molecule has 134 valence electrons. The summed E-state index contributed by atoms with van der Waals surface area (Å²) in [7, 11) is -15.5. The topological polar surface area (TPSA) is 228 Å². The van der Waals surface area contributed by atoms with Crippen molar-refractivity contribution in [2.45, 2.75) is 6.48 Å². The molecule has 0 aliphatic heterocycles. The molecular weight excluding hydrogens is 381 g/mol. The Kier molecular flexibility index (Phi) is 9.58. The Labute approximate surface area is 122 Å². The van der Waals surface area contributed by atoms with Gasteiger partial charge in [0, 0.05) is 0 Å². The average molecular weight is 394 g/mol. The summed E-state index contributed by atoms with van der Waals surface area (Å²) in [6.45, 7) is -6.89. The quantitative estimate of drug-likeness (QED) is 0.164. The van der Waals surface area contributed by atoms with Gasteiger partial charge in [0.25, 0.3) is 6.48 Å². The Morgan fingerprint density at radius 1 is 0.636 bits per heavy atom. The second-order valence-electron chi connectivity index (χ2n) is 2.79. The van der Waals surface area contributed by atoms with Crippen LogP contribution in [-0.4, -0.2) is 56.9 Å². The van der Waals surface area contributed by atoms with Crippen molar-refractivity contribution >= 4 is 23.5 Å². The van der Waals surface area contributed by atoms with E-state index in [0.29, 0.717) is 0 Å². The number of rotatable bonds is 12. The van der Waals surface area contributed by atoms with Crippen molar-refractivity contribution in [3.8, 4) is 0 Å². The van der Waals surface area contributed by atoms with Gasteiger partial charge in [-0.3, -0.25) is 13.6 Å². The van der Waals surface area contributed by atoms with Crippen LogP contribution in [0.15, 0.2) is 0 Å². The van der Waals surface area contributed by atoms with E-state index in [-0.39, 0.29) is 0 Å². The van der Waals surface area contributed by atoms with E-state index in [1.807, 2.05) is 0 Å². The molecule has 0 aromatic heterocycles. The number of aliphatic hydroxyl groups is 3. The molecule has 22 heavy (non-hydrogen) atoms. The minimum atomic E-state index is -5.16. The molecule has 0 saturated carbocycles. The molecule has 18 heteroatoms. The first-order valence-corrected chi connectivity index (χ1v) is 9.25. The van der Waals surface area contributed by atoms with Gasteiger partial charge in [0.15, 0.2) is 20.4 Å². The molecule has 0 aliphatic rings. The number of hydrogen-bond acceptors (Lipinski definition) is 12. The van der Waals surface area contributed by atoms with Gasteiger partial charge in [-0.15, -0.1) is 0 Å². The molecule has 0 spiro atoms. The minimum Gasteiger partial charge on any atom is -0.370 e. The van der Waals surface area contributed by atoms with E-state index in [2.05, 4.69) is 27.1 Å². The SMILES string of the molecule is O=P(O)(OCO)OC(OP(=O)(O)OCO)OP(=O)(O)OCO. The first-order valence-electron chi connectivity index (χ1n) is 4.76. The van der Waals surface area contributed by atoms with E-state index < -0.39 is 50.3 Å². The lowest BCUT2D eigenvalue weighted by Crippen LogP contribution is -2.20. The number of phosphoric acid groups is 3. The summed E-state index contributed by atoms with van der Waals surface area (Å²) in [4.78, 5) is 27.0. The van der Waals surface area contributed by atoms with Crippen molar-refractivity contribution in [2.75, 3.05) is 20.4 Å². The van der Waals surface area contributed by atoms with Crippen molar-refractivity contribution < 1.29 is 70.8 Å². The van der Waals surface area contributed by atoms with Crippen LogP contribution in [0, 0.1) is 0 Å². The molecule has 0 aromatic carbocycles. The van der Waals surface area contributed by atoms with E-state index >= 15 is 0 Å². The van der Waals surface area contributed by atoms with Crippen LogP contribution in [0.5, 0.6) is 0 Å². The van der Waals surface area contributed by atoms with E-state index in [0.717, 1.165) is 0 Å². The van der Waals surface area contributed by atoms with Gasteiger partial charge in [0.05, 0.1) is 0 Å². The third kappa shape index (κ3) is 10.1. The second kappa shape index (κ2) is 9.49. The van der Waals surface area contributed by atoms with E-state index in [1.54, 1.807) is 0 Å². The van der Waals surface area contributed by atoms with Gasteiger partial charge in [0.1, 0.15) is 0 Å². The van der Waals surface area contributed by atoms with Gasteiger partial charge in [-0.2, -0.15) is 0 Å². The average Bonchev–Trinajstić information content (AvgIpc) is 2.25. The van der Waals surface area contributed by atoms with Crippen molar-refractivity contribution in [1.29, 1.82) is 0 Å². The molecule has 6 N–H and O–H groups in total. The molecule has 0 amide bonds. The van der Waals surface area contributed by atoms with Gasteiger partial charge < -0.3 is 30.0 Å². The first kappa shape index (κ1) is 22.2. The first-order chi connectivity index (χ1) is 9.97. The fourth-order valence-electron chi connectivity index (χ4n) is 0.694. The smallest absolute Gasteiger partial charge is 0.370 e. The van der Waals surface area contributed by atoms with Crippen LogP contribution in [0.3, 0.4) is 0 Å². The largest absolute Gasteiger partial charge is 0.478 e. The normalized spacial score (nSPS) is 21.5. The van der Waals surface area contributed by atoms with E-state index in [9.17, 15) is 13.7 Å². The Bertz CT molecular complexity index is 395. The third-order valence-corrected chi connectivity index (χ3v) is 3.96. The zero-order valence-electron chi connectivity index (χ0n) is 10.4. The van der Waals surface area contributed by atoms with Crippen LogP contribution in [0.1, 0.15) is 0 Å². The predicted molar refractivity (Wildman–Crippen MR) is 61.0 cm³/mol. The molecule has 3 unspecified atom stereocenters. The molecule has 0 fully saturated rings. The van der Waals surface area contributed by atoms with Crippen molar-refractivity contribution in [3.63, 3.8) is 0 Å². The standard InChI is InChI=1S/C4H13O15P3/c5-1-14-20(8,9)17-4(18-21(10,11)15-2-6)19-22(12,13)16-3-7/h4-7H,1-3H2,(H,8,9)(H,10,11)(H,12,13). The Balaban J connectivity index is 5.11. The highest BCUT2D eigenvalue weighted by atomic mass is 31.2. The lowest BCUT2D eigenvalue weighted by Gasteiger charge is -2.23. The van der Waals surface area contributed by atoms with Gasteiger partial charge >= 0.3 is 23.5 Å². The number of hydrogen-bond donors (Lipinski definition) is 6. The van der Waals surface area contributed by atoms with Crippen LogP contribution in [-0.2, 0) is 40.8 Å². The fourth-order valence-corrected chi connectivity index (χ4v) is 2.43. The van der Waals surface area contributed by atoms with E-state index in [4.69, 9.17) is 30.0 Å². The minimum absolute atomic E-state index is 1.34. The van der Waals surface area contributed by atoms with Crippen LogP contribution < -0.4 is 0 Å². The molecule has 0 heterocycles. The Morgan fingerprint density at radius 2 is 0.864 bits per heavy atom. The van der Waals surface area contributed by atoms with Gasteiger partial charge in [0.2, 0.25) is 0 Å².